The number of thiazole rings is 1. The van der Waals surface area contributed by atoms with Crippen LogP contribution in [0.25, 0.3) is 0 Å². The molecule has 2 rings (SSSR count). The summed E-state index contributed by atoms with van der Waals surface area (Å²) in [5.74, 6) is 0.510. The quantitative estimate of drug-likeness (QED) is 0.812. The number of aliphatic hydroxyl groups excluding tert-OH is 1. The second-order valence-electron chi connectivity index (χ2n) is 5.98. The number of hydrogen-bond acceptors (Lipinski definition) is 5. The predicted octanol–water partition coefficient (Wildman–Crippen LogP) is 2.45. The molecule has 5 heteroatoms. The first-order valence-electron chi connectivity index (χ1n) is 7.51. The van der Waals surface area contributed by atoms with E-state index < -0.39 is 6.10 Å². The maximum atomic E-state index is 9.95. The van der Waals surface area contributed by atoms with Gasteiger partial charge in [0.25, 0.3) is 0 Å². The van der Waals surface area contributed by atoms with Crippen LogP contribution in [0.5, 0.6) is 0 Å². The van der Waals surface area contributed by atoms with Crippen molar-refractivity contribution in [3.63, 3.8) is 0 Å². The lowest BCUT2D eigenvalue weighted by molar-refractivity contribution is 0.0247. The van der Waals surface area contributed by atoms with Gasteiger partial charge in [0.15, 0.2) is 0 Å². The summed E-state index contributed by atoms with van der Waals surface area (Å²) in [7, 11) is 0. The molecule has 0 aliphatic heterocycles. The fraction of sp³-hybridized carbons (Fsp3) is 0.800. The Labute approximate surface area is 125 Å². The standard InChI is InChI=1S/C15H26N2O2S/c1-10(2)8-19-9-12(18)7-16-13-5-4-6-14-15(13)20-11(3)17-14/h10,12-13,16,18H,4-9H2,1-3H3. The predicted molar refractivity (Wildman–Crippen MR) is 82.2 cm³/mol. The van der Waals surface area contributed by atoms with Gasteiger partial charge in [-0.2, -0.15) is 0 Å². The highest BCUT2D eigenvalue weighted by atomic mass is 32.1. The minimum Gasteiger partial charge on any atom is -0.389 e. The van der Waals surface area contributed by atoms with Crippen LogP contribution in [0.1, 0.15) is 48.3 Å². The third kappa shape index (κ3) is 4.52. The van der Waals surface area contributed by atoms with Crippen molar-refractivity contribution >= 4 is 11.3 Å². The second-order valence-corrected chi connectivity index (χ2v) is 7.22. The van der Waals surface area contributed by atoms with Gasteiger partial charge in [-0.1, -0.05) is 13.8 Å². The van der Waals surface area contributed by atoms with Crippen LogP contribution in [0.15, 0.2) is 0 Å². The number of nitrogens with one attached hydrogen (secondary N) is 1. The smallest absolute Gasteiger partial charge is 0.0900 e. The summed E-state index contributed by atoms with van der Waals surface area (Å²) in [5, 5.41) is 14.6. The third-order valence-corrected chi connectivity index (χ3v) is 4.55. The Morgan fingerprint density at radius 2 is 2.25 bits per heavy atom. The molecule has 1 aromatic heterocycles. The first-order valence-corrected chi connectivity index (χ1v) is 8.33. The molecule has 20 heavy (non-hydrogen) atoms. The van der Waals surface area contributed by atoms with Crippen molar-refractivity contribution in [1.82, 2.24) is 10.3 Å². The van der Waals surface area contributed by atoms with Gasteiger partial charge in [0.05, 0.1) is 23.4 Å². The summed E-state index contributed by atoms with van der Waals surface area (Å²) in [6, 6.07) is 0.352. The molecule has 0 aromatic carbocycles. The summed E-state index contributed by atoms with van der Waals surface area (Å²) < 4.78 is 5.47. The lowest BCUT2D eigenvalue weighted by Crippen LogP contribution is -2.34. The van der Waals surface area contributed by atoms with E-state index in [1.807, 2.05) is 0 Å². The maximum absolute atomic E-state index is 9.95. The molecule has 0 radical (unpaired) electrons. The van der Waals surface area contributed by atoms with Crippen molar-refractivity contribution in [2.45, 2.75) is 52.2 Å². The summed E-state index contributed by atoms with van der Waals surface area (Å²) in [4.78, 5) is 5.95. The van der Waals surface area contributed by atoms with Gasteiger partial charge >= 0.3 is 0 Å². The molecule has 0 saturated carbocycles. The van der Waals surface area contributed by atoms with Crippen molar-refractivity contribution in [1.29, 1.82) is 0 Å². The third-order valence-electron chi connectivity index (χ3n) is 3.42. The van der Waals surface area contributed by atoms with E-state index >= 15 is 0 Å². The van der Waals surface area contributed by atoms with E-state index in [2.05, 4.69) is 31.1 Å². The van der Waals surface area contributed by atoms with E-state index in [1.165, 1.54) is 17.0 Å². The molecule has 1 aliphatic carbocycles. The second kappa shape index (κ2) is 7.50. The monoisotopic (exact) mass is 298 g/mol. The van der Waals surface area contributed by atoms with Gasteiger partial charge in [-0.05, 0) is 32.1 Å². The van der Waals surface area contributed by atoms with Crippen LogP contribution in [-0.4, -0.2) is 36.0 Å². The largest absolute Gasteiger partial charge is 0.389 e. The van der Waals surface area contributed by atoms with E-state index in [0.29, 0.717) is 31.7 Å². The van der Waals surface area contributed by atoms with Crippen molar-refractivity contribution < 1.29 is 9.84 Å². The van der Waals surface area contributed by atoms with E-state index in [1.54, 1.807) is 11.3 Å². The molecule has 2 N–H and O–H groups in total. The molecule has 0 saturated heterocycles. The number of hydrogen-bond donors (Lipinski definition) is 2. The Kier molecular flexibility index (Phi) is 5.96. The molecule has 0 amide bonds. The van der Waals surface area contributed by atoms with Gasteiger partial charge in [-0.3, -0.25) is 0 Å². The van der Waals surface area contributed by atoms with Crippen molar-refractivity contribution in [2.24, 2.45) is 5.92 Å². The summed E-state index contributed by atoms with van der Waals surface area (Å²) in [5.41, 5.74) is 1.25. The Morgan fingerprint density at radius 1 is 1.45 bits per heavy atom. The zero-order valence-electron chi connectivity index (χ0n) is 12.7. The molecule has 114 valence electrons. The number of nitrogens with zero attached hydrogens (tertiary/aromatic N) is 1. The van der Waals surface area contributed by atoms with Gasteiger partial charge in [0.2, 0.25) is 0 Å². The fourth-order valence-corrected chi connectivity index (χ4v) is 3.60. The minimum atomic E-state index is -0.437. The van der Waals surface area contributed by atoms with Crippen LogP contribution in [0.2, 0.25) is 0 Å². The molecule has 0 fully saturated rings. The SMILES string of the molecule is Cc1nc2c(s1)C(NCC(O)COCC(C)C)CCC2. The highest BCUT2D eigenvalue weighted by Crippen LogP contribution is 2.33. The molecular weight excluding hydrogens is 272 g/mol. The lowest BCUT2D eigenvalue weighted by Gasteiger charge is -2.24. The maximum Gasteiger partial charge on any atom is 0.0900 e. The lowest BCUT2D eigenvalue weighted by atomic mass is 9.98. The van der Waals surface area contributed by atoms with E-state index in [0.717, 1.165) is 17.8 Å². The van der Waals surface area contributed by atoms with Gasteiger partial charge in [0.1, 0.15) is 0 Å². The number of ether oxygens (including phenoxy) is 1. The topological polar surface area (TPSA) is 54.4 Å². The molecule has 0 spiro atoms. The number of aryl methyl sites for hydroxylation is 2. The molecule has 2 atom stereocenters. The van der Waals surface area contributed by atoms with Crippen LogP contribution in [0.3, 0.4) is 0 Å². The van der Waals surface area contributed by atoms with Crippen molar-refractivity contribution in [3.8, 4) is 0 Å². The number of aliphatic hydroxyl groups is 1. The summed E-state index contributed by atoms with van der Waals surface area (Å²) >= 11 is 1.79. The molecule has 0 bridgehead atoms. The van der Waals surface area contributed by atoms with Gasteiger partial charge in [0, 0.05) is 24.1 Å². The number of aromatic nitrogens is 1. The average molecular weight is 298 g/mol. The molecule has 1 aromatic rings. The zero-order valence-corrected chi connectivity index (χ0v) is 13.5. The van der Waals surface area contributed by atoms with E-state index in [9.17, 15) is 5.11 Å². The van der Waals surface area contributed by atoms with Crippen molar-refractivity contribution in [3.05, 3.63) is 15.6 Å². The first-order chi connectivity index (χ1) is 9.56. The van der Waals surface area contributed by atoms with Crippen LogP contribution < -0.4 is 5.32 Å². The Morgan fingerprint density at radius 3 is 3.00 bits per heavy atom. The Bertz CT molecular complexity index is 420. The first kappa shape index (κ1) is 15.9. The molecule has 1 aliphatic rings. The van der Waals surface area contributed by atoms with Crippen LogP contribution in [-0.2, 0) is 11.2 Å². The average Bonchev–Trinajstić information content (AvgIpc) is 2.76. The van der Waals surface area contributed by atoms with Crippen LogP contribution >= 0.6 is 11.3 Å². The molecule has 4 nitrogen and oxygen atoms in total. The van der Waals surface area contributed by atoms with Crippen LogP contribution in [0, 0.1) is 12.8 Å². The molecule has 2 unspecified atom stereocenters. The highest BCUT2D eigenvalue weighted by molar-refractivity contribution is 7.11. The van der Waals surface area contributed by atoms with Crippen molar-refractivity contribution in [2.75, 3.05) is 19.8 Å². The molecular formula is C15H26N2O2S. The Hall–Kier alpha value is -0.490. The normalized spacial score (nSPS) is 20.1. The summed E-state index contributed by atoms with van der Waals surface area (Å²) in [6.07, 6.45) is 2.97. The van der Waals surface area contributed by atoms with Crippen LogP contribution in [0.4, 0.5) is 0 Å². The van der Waals surface area contributed by atoms with E-state index in [-0.39, 0.29) is 0 Å². The highest BCUT2D eigenvalue weighted by Gasteiger charge is 2.24. The zero-order chi connectivity index (χ0) is 14.5. The molecule has 1 heterocycles. The van der Waals surface area contributed by atoms with E-state index in [4.69, 9.17) is 4.74 Å². The van der Waals surface area contributed by atoms with Gasteiger partial charge in [-0.25, -0.2) is 4.98 Å². The summed E-state index contributed by atoms with van der Waals surface area (Å²) in [6.45, 7) is 7.99. The fourth-order valence-electron chi connectivity index (χ4n) is 2.51. The van der Waals surface area contributed by atoms with Gasteiger partial charge < -0.3 is 15.2 Å². The number of fused-ring (bicyclic) bond motifs is 1. The number of rotatable bonds is 7. The van der Waals surface area contributed by atoms with Gasteiger partial charge in [-0.15, -0.1) is 11.3 Å². The minimum absolute atomic E-state index is 0.352. The Balaban J connectivity index is 1.77.